The maximum absolute atomic E-state index is 0. The Kier molecular flexibility index (Phi) is 6010. The molecule has 58 heteroatoms. The molecule has 0 saturated heterocycles. The largest absolute Gasteiger partial charge is 0 e. The molecule has 0 aromatic rings. The van der Waals surface area contributed by atoms with Crippen LogP contribution in [0.2, 0.25) is 0 Å². The molecule has 0 spiro atoms. The Morgan fingerprint density at radius 1 is 0.0345 bits per heavy atom. The monoisotopic (exact) mass is 11200 g/mol. The van der Waals surface area contributed by atoms with E-state index in [4.69, 9.17) is 0 Å². The van der Waals surface area contributed by atoms with Crippen LogP contribution in [0.15, 0.2) is 0 Å². The van der Waals surface area contributed by atoms with Gasteiger partial charge in [-0.15, -0.1) is 0 Å². The van der Waals surface area contributed by atoms with Crippen LogP contribution in [0.5, 0.6) is 0 Å². The van der Waals surface area contributed by atoms with Gasteiger partial charge < -0.3 is 0 Å². The van der Waals surface area contributed by atoms with Crippen LogP contribution in [0.4, 0.5) is 0 Å². The molecule has 0 saturated carbocycles. The van der Waals surface area contributed by atoms with E-state index in [0.717, 1.165) is 0 Å². The Morgan fingerprint density at radius 3 is 0.0345 bits per heavy atom. The fourth-order valence-electron chi connectivity index (χ4n) is 0. The second-order valence-electron chi connectivity index (χ2n) is 0. The van der Waals surface area contributed by atoms with E-state index in [2.05, 4.69) is 0 Å². The first-order valence-electron chi connectivity index (χ1n) is 0. The molecule has 0 fully saturated rings. The van der Waals surface area contributed by atoms with Crippen molar-refractivity contribution in [3.63, 3.8) is 0 Å². The molecule has 0 bridgehead atoms. The molecule has 531 valence electrons. The molecule has 0 atom stereocenters. The molecule has 0 aromatic carbocycles. The first-order valence-corrected chi connectivity index (χ1v) is 0. The smallest absolute Gasteiger partial charge is 0 e. The second-order valence-corrected chi connectivity index (χ2v) is 0. The minimum Gasteiger partial charge on any atom is 0 e. The van der Waals surface area contributed by atoms with Gasteiger partial charge in [0.05, 0.1) is 0 Å². The average Bonchev–Trinajstić information content (AvgIpc) is 0. The van der Waals surface area contributed by atoms with Crippen LogP contribution in [0.25, 0.3) is 0 Å². The van der Waals surface area contributed by atoms with Gasteiger partial charge in [-0.25, -0.2) is 0 Å². The first-order chi connectivity index (χ1) is 0. The van der Waals surface area contributed by atoms with Crippen molar-refractivity contribution in [1.29, 1.82) is 0 Å². The zero-order valence-corrected chi connectivity index (χ0v) is 157. The molecule has 0 aliphatic heterocycles. The van der Waals surface area contributed by atoms with E-state index in [9.17, 15) is 0 Å². The Labute approximate surface area is 1140 Å². The van der Waals surface area contributed by atoms with Crippen LogP contribution in [-0.2, 0) is 1170 Å². The van der Waals surface area contributed by atoms with E-state index in [1.807, 2.05) is 0 Å². The fourth-order valence-corrected chi connectivity index (χ4v) is 0. The third-order valence-electron chi connectivity index (χ3n) is 0. The molecule has 58 heavy (non-hydrogen) atoms. The Hall–Kier alpha value is 38.0. The minimum absolute atomic E-state index is 0. The fraction of sp³-hybridized carbons (Fsp3) is 0. The van der Waals surface area contributed by atoms with Crippen molar-refractivity contribution in [2.45, 2.75) is 0 Å². The van der Waals surface area contributed by atoms with Gasteiger partial charge in [-0.3, -0.25) is 0 Å². The van der Waals surface area contributed by atoms with Crippen molar-refractivity contribution >= 4 is 0 Å². The zero-order chi connectivity index (χ0) is 0. The van der Waals surface area contributed by atoms with Crippen molar-refractivity contribution in [2.24, 2.45) is 0 Å². The summed E-state index contributed by atoms with van der Waals surface area (Å²) in [5, 5.41) is 0. The van der Waals surface area contributed by atoms with E-state index in [1.54, 1.807) is 0 Å². The summed E-state index contributed by atoms with van der Waals surface area (Å²) < 4.78 is 0. The van der Waals surface area contributed by atoms with Gasteiger partial charge >= 0.3 is 0 Å². The van der Waals surface area contributed by atoms with Gasteiger partial charge in [0.15, 0.2) is 0 Å². The summed E-state index contributed by atoms with van der Waals surface area (Å²) >= 11 is 0. The van der Waals surface area contributed by atoms with Crippen molar-refractivity contribution in [3.05, 3.63) is 0 Å². The molecule has 0 aliphatic rings. The molecular formula is Ir49Pt9. The molecule has 0 aromatic heterocycles. The number of hydrogen-bond donors (Lipinski definition) is 0. The molecule has 49 radical (unpaired) electrons. The van der Waals surface area contributed by atoms with Crippen molar-refractivity contribution < 1.29 is 1170 Å². The van der Waals surface area contributed by atoms with E-state index in [0.29, 0.717) is 0 Å². The van der Waals surface area contributed by atoms with E-state index >= 15 is 0 Å². The molecule has 0 heterocycles. The molecular weight excluding hydrogens is 11200 g/mol. The first kappa shape index (κ1) is 600. The van der Waals surface area contributed by atoms with Crippen molar-refractivity contribution in [1.82, 2.24) is 0 Å². The number of rotatable bonds is 0. The third kappa shape index (κ3) is 563. The summed E-state index contributed by atoms with van der Waals surface area (Å²) in [6.07, 6.45) is 0. The maximum atomic E-state index is 0. The van der Waals surface area contributed by atoms with Gasteiger partial charge in [0.25, 0.3) is 0 Å². The van der Waals surface area contributed by atoms with Crippen LogP contribution in [0.3, 0.4) is 0 Å². The molecule has 0 aliphatic carbocycles. The summed E-state index contributed by atoms with van der Waals surface area (Å²) in [5.41, 5.74) is 0. The van der Waals surface area contributed by atoms with E-state index < -0.39 is 0 Å². The zero-order valence-electron chi connectivity index (χ0n) is 19.2. The van der Waals surface area contributed by atoms with E-state index in [-0.39, 0.29) is 1170 Å². The van der Waals surface area contributed by atoms with Gasteiger partial charge in [0.1, 0.15) is 0 Å². The maximum Gasteiger partial charge on any atom is 0 e. The third-order valence-corrected chi connectivity index (χ3v) is 0. The molecule has 0 N–H and O–H groups in total. The summed E-state index contributed by atoms with van der Waals surface area (Å²) in [7, 11) is 0. The van der Waals surface area contributed by atoms with Gasteiger partial charge in [-0.2, -0.15) is 0 Å². The Bertz CT molecular complexity index is 36.1. The van der Waals surface area contributed by atoms with E-state index in [1.165, 1.54) is 0 Å². The standard InChI is InChI=1S/49Ir.9Pt. The minimum atomic E-state index is 0. The SMILES string of the molecule is [Ir].[Ir].[Ir].[Ir].[Ir].[Ir].[Ir].[Ir].[Ir].[Ir].[Ir].[Ir].[Ir].[Ir].[Ir].[Ir].[Ir].[Ir].[Ir].[Ir].[Ir].[Ir].[Ir].[Ir].[Ir].[Ir].[Ir].[Ir].[Ir].[Ir].[Ir].[Ir].[Ir].[Ir].[Ir].[Ir].[Ir].[Ir].[Ir].[Ir].[Ir].[Ir].[Ir].[Ir].[Ir].[Ir].[Ir].[Ir].[Ir].[Pt].[Pt].[Pt].[Pt].[Pt].[Pt].[Pt].[Pt].[Pt]. The Morgan fingerprint density at radius 2 is 0.0345 bits per heavy atom. The summed E-state index contributed by atoms with van der Waals surface area (Å²) in [5.74, 6) is 0. The summed E-state index contributed by atoms with van der Waals surface area (Å²) in [6, 6.07) is 0. The number of hydrogen-bond acceptors (Lipinski definition) is 0. The normalized spacial score (nSPS) is 0. The topological polar surface area (TPSA) is 0 Å². The second kappa shape index (κ2) is 581. The Balaban J connectivity index is 0. The van der Waals surface area contributed by atoms with Crippen LogP contribution in [0, 0.1) is 0 Å². The quantitative estimate of drug-likeness (QED) is 0.318. The van der Waals surface area contributed by atoms with Crippen LogP contribution in [0.1, 0.15) is 0 Å². The van der Waals surface area contributed by atoms with Crippen molar-refractivity contribution in [2.75, 3.05) is 0 Å². The molecule has 0 rings (SSSR count). The molecule has 0 nitrogen and oxygen atoms in total. The summed E-state index contributed by atoms with van der Waals surface area (Å²) in [6.45, 7) is 0. The van der Waals surface area contributed by atoms with Gasteiger partial charge in [-0.1, -0.05) is 0 Å². The van der Waals surface area contributed by atoms with Crippen molar-refractivity contribution in [3.8, 4) is 0 Å². The van der Waals surface area contributed by atoms with Gasteiger partial charge in [0, 0.05) is 1170 Å². The van der Waals surface area contributed by atoms with Gasteiger partial charge in [0.2, 0.25) is 0 Å². The van der Waals surface area contributed by atoms with Gasteiger partial charge in [-0.05, 0) is 0 Å². The van der Waals surface area contributed by atoms with Crippen LogP contribution in [-0.4, -0.2) is 0 Å². The van der Waals surface area contributed by atoms with Crippen LogP contribution < -0.4 is 0 Å². The van der Waals surface area contributed by atoms with Crippen LogP contribution >= 0.6 is 0 Å². The summed E-state index contributed by atoms with van der Waals surface area (Å²) in [4.78, 5) is 0. The predicted molar refractivity (Wildman–Crippen MR) is 0 cm³/mol. The molecule has 0 unspecified atom stereocenters. The average molecular weight is 11200 g/mol. The predicted octanol–water partition coefficient (Wildman–Crippen LogP) is -0.145. The molecule has 0 amide bonds.